The van der Waals surface area contributed by atoms with Crippen LogP contribution in [0, 0.1) is 5.92 Å². The molecule has 0 radical (unpaired) electrons. The summed E-state index contributed by atoms with van der Waals surface area (Å²) in [7, 11) is 1.36. The predicted molar refractivity (Wildman–Crippen MR) is 103 cm³/mol. The summed E-state index contributed by atoms with van der Waals surface area (Å²) in [5.74, 6) is -0.682. The van der Waals surface area contributed by atoms with Gasteiger partial charge in [-0.25, -0.2) is 4.79 Å². The highest BCUT2D eigenvalue weighted by Crippen LogP contribution is 2.34. The summed E-state index contributed by atoms with van der Waals surface area (Å²) in [5, 5.41) is 4.85. The van der Waals surface area contributed by atoms with Gasteiger partial charge in [0.25, 0.3) is 5.91 Å². The fraction of sp³-hybridized carbons (Fsp3) is 0.429. The van der Waals surface area contributed by atoms with E-state index >= 15 is 0 Å². The molecule has 1 aliphatic rings. The quantitative estimate of drug-likeness (QED) is 0.648. The van der Waals surface area contributed by atoms with Crippen molar-refractivity contribution in [3.8, 4) is 0 Å². The van der Waals surface area contributed by atoms with Crippen molar-refractivity contribution >= 4 is 28.3 Å². The molecule has 0 saturated heterocycles. The van der Waals surface area contributed by atoms with Gasteiger partial charge in [0.05, 0.1) is 12.7 Å². The van der Waals surface area contributed by atoms with Crippen molar-refractivity contribution in [2.24, 2.45) is 5.92 Å². The Kier molecular flexibility index (Phi) is 5.16. The second kappa shape index (κ2) is 7.36. The van der Waals surface area contributed by atoms with E-state index in [2.05, 4.69) is 5.32 Å². The normalized spacial score (nSPS) is 17.5. The minimum atomic E-state index is -1.05. The van der Waals surface area contributed by atoms with Crippen molar-refractivity contribution in [1.82, 2.24) is 5.32 Å². The lowest BCUT2D eigenvalue weighted by Crippen LogP contribution is -2.58. The summed E-state index contributed by atoms with van der Waals surface area (Å²) < 4.78 is 5.02. The Hall–Kier alpha value is -2.56. The molecule has 1 fully saturated rings. The smallest absolute Gasteiger partial charge is 0.331 e. The molecule has 2 aromatic rings. The van der Waals surface area contributed by atoms with Gasteiger partial charge in [-0.15, -0.1) is 0 Å². The van der Waals surface area contributed by atoms with Crippen LogP contribution in [0.5, 0.6) is 0 Å². The van der Waals surface area contributed by atoms with E-state index in [0.29, 0.717) is 11.3 Å². The number of rotatable bonds is 4. The second-order valence-electron chi connectivity index (χ2n) is 7.27. The maximum Gasteiger partial charge on any atom is 0.331 e. The Morgan fingerprint density at radius 1 is 1.12 bits per heavy atom. The lowest BCUT2D eigenvalue weighted by Gasteiger charge is -2.38. The predicted octanol–water partition coefficient (Wildman–Crippen LogP) is 3.66. The van der Waals surface area contributed by atoms with E-state index in [-0.39, 0.29) is 11.8 Å². The van der Waals surface area contributed by atoms with Gasteiger partial charge in [-0.05, 0) is 48.6 Å². The van der Waals surface area contributed by atoms with Crippen LogP contribution in [0.2, 0.25) is 0 Å². The summed E-state index contributed by atoms with van der Waals surface area (Å²) >= 11 is 0. The average molecular weight is 354 g/mol. The molecule has 1 amide bonds. The number of nitrogen functional groups attached to an aromatic ring is 1. The molecule has 26 heavy (non-hydrogen) atoms. The minimum Gasteiger partial charge on any atom is -0.467 e. The van der Waals surface area contributed by atoms with Gasteiger partial charge in [0, 0.05) is 5.69 Å². The van der Waals surface area contributed by atoms with Crippen molar-refractivity contribution in [3.05, 3.63) is 42.0 Å². The van der Waals surface area contributed by atoms with Crippen LogP contribution in [0.1, 0.15) is 49.4 Å². The first-order valence-electron chi connectivity index (χ1n) is 9.15. The molecular weight excluding hydrogens is 328 g/mol. The number of ether oxygens (including phenoxy) is 1. The van der Waals surface area contributed by atoms with Crippen molar-refractivity contribution in [3.63, 3.8) is 0 Å². The Morgan fingerprint density at radius 2 is 1.73 bits per heavy atom. The largest absolute Gasteiger partial charge is 0.467 e. The third-order valence-electron chi connectivity index (χ3n) is 5.57. The summed E-state index contributed by atoms with van der Waals surface area (Å²) in [4.78, 5) is 25.5. The maximum absolute atomic E-state index is 13.0. The second-order valence-corrected chi connectivity index (χ2v) is 7.27. The molecule has 5 nitrogen and oxygen atoms in total. The molecule has 0 unspecified atom stereocenters. The Balaban J connectivity index is 1.92. The molecule has 0 bridgehead atoms. The van der Waals surface area contributed by atoms with E-state index in [1.54, 1.807) is 19.1 Å². The molecule has 0 spiro atoms. The number of nitrogens with two attached hydrogens (primary N) is 1. The van der Waals surface area contributed by atoms with E-state index in [0.717, 1.165) is 36.5 Å². The van der Waals surface area contributed by atoms with Gasteiger partial charge >= 0.3 is 5.97 Å². The number of amides is 1. The first-order valence-corrected chi connectivity index (χ1v) is 9.15. The molecule has 1 atom stereocenters. The molecule has 0 aromatic heterocycles. The Bertz CT molecular complexity index is 827. The number of carbonyl (C=O) groups is 2. The fourth-order valence-electron chi connectivity index (χ4n) is 3.97. The van der Waals surface area contributed by atoms with Gasteiger partial charge in [-0.3, -0.25) is 4.79 Å². The number of nitrogens with one attached hydrogen (secondary N) is 1. The van der Waals surface area contributed by atoms with Crippen molar-refractivity contribution in [1.29, 1.82) is 0 Å². The summed E-state index contributed by atoms with van der Waals surface area (Å²) in [6, 6.07) is 11.3. The first kappa shape index (κ1) is 18.2. The van der Waals surface area contributed by atoms with Gasteiger partial charge in [0.1, 0.15) is 5.54 Å². The van der Waals surface area contributed by atoms with Gasteiger partial charge in [-0.1, -0.05) is 43.5 Å². The lowest BCUT2D eigenvalue weighted by molar-refractivity contribution is -0.150. The van der Waals surface area contributed by atoms with Crippen molar-refractivity contribution < 1.29 is 14.3 Å². The van der Waals surface area contributed by atoms with E-state index in [4.69, 9.17) is 10.5 Å². The molecule has 138 valence electrons. The third kappa shape index (κ3) is 3.39. The minimum absolute atomic E-state index is 0.0642. The van der Waals surface area contributed by atoms with Gasteiger partial charge in [0.2, 0.25) is 0 Å². The number of anilines is 1. The zero-order valence-electron chi connectivity index (χ0n) is 15.4. The highest BCUT2D eigenvalue weighted by Gasteiger charge is 2.44. The molecule has 1 saturated carbocycles. The van der Waals surface area contributed by atoms with E-state index in [9.17, 15) is 9.59 Å². The highest BCUT2D eigenvalue weighted by molar-refractivity contribution is 6.05. The molecule has 2 aromatic carbocycles. The summed E-state index contributed by atoms with van der Waals surface area (Å²) in [6.07, 6.45) is 5.09. The van der Waals surface area contributed by atoms with Crippen LogP contribution in [0.4, 0.5) is 5.69 Å². The molecular formula is C21H26N2O3. The van der Waals surface area contributed by atoms with Crippen LogP contribution < -0.4 is 11.1 Å². The van der Waals surface area contributed by atoms with Crippen molar-refractivity contribution in [2.75, 3.05) is 12.8 Å². The zero-order chi connectivity index (χ0) is 18.7. The fourth-order valence-corrected chi connectivity index (χ4v) is 3.97. The molecule has 1 aliphatic carbocycles. The van der Waals surface area contributed by atoms with Crippen LogP contribution >= 0.6 is 0 Å². The Labute approximate surface area is 153 Å². The lowest BCUT2D eigenvalue weighted by atomic mass is 9.75. The number of methoxy groups -OCH3 is 1. The van der Waals surface area contributed by atoms with Crippen LogP contribution in [-0.4, -0.2) is 24.5 Å². The molecule has 3 N–H and O–H groups in total. The third-order valence-corrected chi connectivity index (χ3v) is 5.57. The van der Waals surface area contributed by atoms with Crippen molar-refractivity contribution in [2.45, 2.75) is 44.6 Å². The first-order chi connectivity index (χ1) is 12.5. The molecule has 0 aliphatic heterocycles. The zero-order valence-corrected chi connectivity index (χ0v) is 15.4. The number of hydrogen-bond acceptors (Lipinski definition) is 4. The van der Waals surface area contributed by atoms with Crippen LogP contribution in [-0.2, 0) is 9.53 Å². The van der Waals surface area contributed by atoms with E-state index in [1.807, 2.05) is 24.3 Å². The maximum atomic E-state index is 13.0. The number of hydrogen-bond donors (Lipinski definition) is 2. The summed E-state index contributed by atoms with van der Waals surface area (Å²) in [5.41, 5.74) is 5.85. The SMILES string of the molecule is COC(=O)[C@](C)(NC(=O)c1cc2ccccc2cc1N)C1CCCCC1. The van der Waals surface area contributed by atoms with Crippen LogP contribution in [0.3, 0.4) is 0 Å². The molecule has 3 rings (SSSR count). The van der Waals surface area contributed by atoms with Crippen LogP contribution in [0.25, 0.3) is 10.8 Å². The monoisotopic (exact) mass is 354 g/mol. The standard InChI is InChI=1S/C21H26N2O3/c1-21(20(25)26-2,16-10-4-3-5-11-16)23-19(24)17-12-14-8-6-7-9-15(14)13-18(17)22/h6-9,12-13,16H,3-5,10-11,22H2,1-2H3,(H,23,24)/t21-/m1/s1. The Morgan fingerprint density at radius 3 is 2.35 bits per heavy atom. The number of carbonyl (C=O) groups excluding carboxylic acids is 2. The van der Waals surface area contributed by atoms with Gasteiger partial charge in [0.15, 0.2) is 0 Å². The summed E-state index contributed by atoms with van der Waals surface area (Å²) in [6.45, 7) is 1.77. The average Bonchev–Trinajstić information content (AvgIpc) is 2.67. The number of esters is 1. The number of benzene rings is 2. The highest BCUT2D eigenvalue weighted by atomic mass is 16.5. The topological polar surface area (TPSA) is 81.4 Å². The van der Waals surface area contributed by atoms with Crippen LogP contribution in [0.15, 0.2) is 36.4 Å². The molecule has 5 heteroatoms. The van der Waals surface area contributed by atoms with E-state index < -0.39 is 11.5 Å². The number of fused-ring (bicyclic) bond motifs is 1. The van der Waals surface area contributed by atoms with E-state index in [1.165, 1.54) is 13.5 Å². The van der Waals surface area contributed by atoms with Gasteiger partial charge in [-0.2, -0.15) is 0 Å². The van der Waals surface area contributed by atoms with Gasteiger partial charge < -0.3 is 15.8 Å². The molecule has 0 heterocycles.